The van der Waals surface area contributed by atoms with Gasteiger partial charge >= 0.3 is 11.9 Å². The van der Waals surface area contributed by atoms with E-state index in [9.17, 15) is 24.3 Å². The summed E-state index contributed by atoms with van der Waals surface area (Å²) < 4.78 is 28.5. The third-order valence-electron chi connectivity index (χ3n) is 9.81. The van der Waals surface area contributed by atoms with Crippen molar-refractivity contribution >= 4 is 23.5 Å². The van der Waals surface area contributed by atoms with Crippen LogP contribution in [0.3, 0.4) is 0 Å². The molecule has 0 aromatic heterocycles. The van der Waals surface area contributed by atoms with Crippen molar-refractivity contribution in [3.63, 3.8) is 0 Å². The van der Waals surface area contributed by atoms with Crippen molar-refractivity contribution in [3.05, 3.63) is 23.8 Å². The van der Waals surface area contributed by atoms with Gasteiger partial charge in [0.25, 0.3) is 0 Å². The van der Waals surface area contributed by atoms with Gasteiger partial charge in [-0.25, -0.2) is 4.39 Å². The highest BCUT2D eigenvalue weighted by molar-refractivity contribution is 6.01. The summed E-state index contributed by atoms with van der Waals surface area (Å²) in [6.07, 6.45) is 4.32. The Morgan fingerprint density at radius 3 is 2.44 bits per heavy atom. The number of aliphatic hydroxyl groups is 1. The molecule has 0 aromatic carbocycles. The van der Waals surface area contributed by atoms with Gasteiger partial charge in [0.1, 0.15) is 0 Å². The lowest BCUT2D eigenvalue weighted by molar-refractivity contribution is -0.228. The number of ether oxygens (including phenoxy) is 2. The van der Waals surface area contributed by atoms with Crippen LogP contribution in [0.2, 0.25) is 0 Å². The normalized spacial score (nSPS) is 43.1. The van der Waals surface area contributed by atoms with E-state index in [-0.39, 0.29) is 31.0 Å². The van der Waals surface area contributed by atoms with E-state index in [2.05, 4.69) is 0 Å². The van der Waals surface area contributed by atoms with Gasteiger partial charge < -0.3 is 14.6 Å². The maximum atomic E-state index is 17.4. The Bertz CT molecular complexity index is 1050. The number of fused-ring (bicyclic) bond motifs is 5. The van der Waals surface area contributed by atoms with Gasteiger partial charge in [0.05, 0.1) is 6.10 Å². The molecule has 4 aliphatic rings. The lowest BCUT2D eigenvalue weighted by Gasteiger charge is -2.62. The third-order valence-corrected chi connectivity index (χ3v) is 9.81. The first-order valence-electron chi connectivity index (χ1n) is 13.0. The van der Waals surface area contributed by atoms with Crippen LogP contribution in [0, 0.1) is 28.6 Å². The maximum absolute atomic E-state index is 17.4. The van der Waals surface area contributed by atoms with E-state index in [1.165, 1.54) is 12.2 Å². The summed E-state index contributed by atoms with van der Waals surface area (Å²) in [5, 5.41) is 11.5. The van der Waals surface area contributed by atoms with Crippen molar-refractivity contribution in [2.24, 2.45) is 28.6 Å². The van der Waals surface area contributed by atoms with E-state index >= 15 is 4.39 Å². The van der Waals surface area contributed by atoms with E-state index in [0.717, 1.165) is 0 Å². The second-order valence-electron chi connectivity index (χ2n) is 11.4. The third kappa shape index (κ3) is 3.39. The molecule has 0 spiro atoms. The first-order valence-corrected chi connectivity index (χ1v) is 13.0. The van der Waals surface area contributed by atoms with Gasteiger partial charge in [-0.1, -0.05) is 39.3 Å². The number of rotatable bonds is 6. The predicted molar refractivity (Wildman–Crippen MR) is 128 cm³/mol. The molecule has 4 aliphatic carbocycles. The van der Waals surface area contributed by atoms with Crippen LogP contribution in [0.5, 0.6) is 0 Å². The van der Waals surface area contributed by atoms with Crippen LogP contribution in [0.4, 0.5) is 4.39 Å². The molecular formula is C28H37FO7. The first-order chi connectivity index (χ1) is 16.8. The Balaban J connectivity index is 1.80. The zero-order valence-corrected chi connectivity index (χ0v) is 21.8. The lowest BCUT2D eigenvalue weighted by atomic mass is 9.44. The fourth-order valence-corrected chi connectivity index (χ4v) is 8.01. The van der Waals surface area contributed by atoms with Crippen molar-refractivity contribution in [3.8, 4) is 0 Å². The zero-order valence-electron chi connectivity index (χ0n) is 21.8. The lowest BCUT2D eigenvalue weighted by Crippen LogP contribution is -2.70. The Labute approximate surface area is 211 Å². The van der Waals surface area contributed by atoms with Crippen LogP contribution >= 0.6 is 0 Å². The minimum atomic E-state index is -2.05. The summed E-state index contributed by atoms with van der Waals surface area (Å²) in [5.41, 5.74) is -5.26. The Morgan fingerprint density at radius 2 is 1.81 bits per heavy atom. The average Bonchev–Trinajstić information content (AvgIpc) is 3.05. The van der Waals surface area contributed by atoms with Crippen LogP contribution in [-0.4, -0.2) is 52.6 Å². The molecule has 36 heavy (non-hydrogen) atoms. The molecule has 1 N–H and O–H groups in total. The molecule has 3 fully saturated rings. The molecule has 8 atom stereocenters. The summed E-state index contributed by atoms with van der Waals surface area (Å²) in [6.45, 7) is 8.05. The maximum Gasteiger partial charge on any atom is 0.306 e. The minimum Gasteiger partial charge on any atom is -0.457 e. The van der Waals surface area contributed by atoms with E-state index in [1.807, 2.05) is 6.92 Å². The summed E-state index contributed by atoms with van der Waals surface area (Å²) in [5.74, 6) is -3.31. The largest absolute Gasteiger partial charge is 0.457 e. The van der Waals surface area contributed by atoms with Gasteiger partial charge in [-0.2, -0.15) is 0 Å². The minimum absolute atomic E-state index is 0.0430. The molecule has 0 amide bonds. The molecule has 0 radical (unpaired) electrons. The molecule has 0 bridgehead atoms. The van der Waals surface area contributed by atoms with Crippen molar-refractivity contribution in [1.29, 1.82) is 0 Å². The fourth-order valence-electron chi connectivity index (χ4n) is 8.01. The number of carbonyl (C=O) groups is 4. The van der Waals surface area contributed by atoms with Crippen molar-refractivity contribution in [1.82, 2.24) is 0 Å². The number of aliphatic hydroxyl groups excluding tert-OH is 1. The van der Waals surface area contributed by atoms with Crippen LogP contribution in [0.1, 0.15) is 73.1 Å². The molecule has 0 aliphatic heterocycles. The van der Waals surface area contributed by atoms with Crippen LogP contribution in [0.15, 0.2) is 23.8 Å². The van der Waals surface area contributed by atoms with E-state index in [4.69, 9.17) is 9.47 Å². The standard InChI is InChI=1S/C28H37FO7/c1-6-23(33)35-15-22(32)28(36-24(34)7-2)16(3)12-20-19-9-8-17-13-18(30)10-11-25(17,4)27(19,29)21(31)14-26(20,28)5/h10-11,13,16,19-21,31H,6-9,12,14-15H2,1-5H3/t16-,19?,20?,21-,25-,26-,27-,28-/m0/s1. The van der Waals surface area contributed by atoms with E-state index in [1.54, 1.807) is 33.8 Å². The van der Waals surface area contributed by atoms with Gasteiger partial charge in [0.2, 0.25) is 5.78 Å². The smallest absolute Gasteiger partial charge is 0.306 e. The Hall–Kier alpha value is -2.35. The highest BCUT2D eigenvalue weighted by Gasteiger charge is 2.77. The summed E-state index contributed by atoms with van der Waals surface area (Å²) in [4.78, 5) is 50.3. The number of hydrogen-bond donors (Lipinski definition) is 1. The Kier molecular flexibility index (Phi) is 6.60. The van der Waals surface area contributed by atoms with Crippen LogP contribution in [-0.2, 0) is 28.7 Å². The zero-order chi connectivity index (χ0) is 26.7. The predicted octanol–water partition coefficient (Wildman–Crippen LogP) is 3.82. The molecule has 8 heteroatoms. The van der Waals surface area contributed by atoms with Crippen LogP contribution in [0.25, 0.3) is 0 Å². The number of alkyl halides is 1. The van der Waals surface area contributed by atoms with Crippen molar-refractivity contribution < 1.29 is 38.1 Å². The van der Waals surface area contributed by atoms with Gasteiger partial charge in [0.15, 0.2) is 23.7 Å². The number of ketones is 2. The monoisotopic (exact) mass is 504 g/mol. The molecule has 198 valence electrons. The fraction of sp³-hybridized carbons (Fsp3) is 0.714. The van der Waals surface area contributed by atoms with E-state index < -0.39 is 64.4 Å². The van der Waals surface area contributed by atoms with Gasteiger partial charge in [-0.05, 0) is 50.7 Å². The SMILES string of the molecule is CCC(=O)OCC(=O)[C@@]1(OC(=O)CC)[C@@H](C)CC2C3CCC4=CC(=O)C=C[C@]4(C)[C@@]3(F)[C@@H](O)C[C@@]21C. The molecule has 0 aromatic rings. The molecule has 7 nitrogen and oxygen atoms in total. The molecule has 0 saturated heterocycles. The van der Waals surface area contributed by atoms with Gasteiger partial charge in [0, 0.05) is 35.5 Å². The second kappa shape index (κ2) is 8.89. The average molecular weight is 505 g/mol. The molecule has 3 saturated carbocycles. The molecule has 0 heterocycles. The number of carbonyl (C=O) groups excluding carboxylic acids is 4. The first kappa shape index (κ1) is 26.7. The molecule has 2 unspecified atom stereocenters. The number of hydrogen-bond acceptors (Lipinski definition) is 7. The molecular weight excluding hydrogens is 467 g/mol. The number of allylic oxidation sites excluding steroid dienone is 4. The second-order valence-corrected chi connectivity index (χ2v) is 11.4. The summed E-state index contributed by atoms with van der Waals surface area (Å²) >= 11 is 0. The quantitative estimate of drug-likeness (QED) is 0.548. The van der Waals surface area contributed by atoms with Crippen molar-refractivity contribution in [2.45, 2.75) is 90.5 Å². The van der Waals surface area contributed by atoms with Crippen molar-refractivity contribution in [2.75, 3.05) is 6.61 Å². The van der Waals surface area contributed by atoms with E-state index in [0.29, 0.717) is 24.8 Å². The summed E-state index contributed by atoms with van der Waals surface area (Å²) in [6, 6.07) is 0. The molecule has 4 rings (SSSR count). The van der Waals surface area contributed by atoms with Gasteiger partial charge in [-0.15, -0.1) is 0 Å². The Morgan fingerprint density at radius 1 is 1.14 bits per heavy atom. The number of Topliss-reactive ketones (excluding diaryl/α,β-unsaturated/α-hetero) is 1. The van der Waals surface area contributed by atoms with Gasteiger partial charge in [-0.3, -0.25) is 19.2 Å². The highest BCUT2D eigenvalue weighted by atomic mass is 19.1. The number of halogens is 1. The van der Waals surface area contributed by atoms with Crippen LogP contribution < -0.4 is 0 Å². The topological polar surface area (TPSA) is 107 Å². The summed E-state index contributed by atoms with van der Waals surface area (Å²) in [7, 11) is 0. The highest BCUT2D eigenvalue weighted by Crippen LogP contribution is 2.71. The number of esters is 2.